The van der Waals surface area contributed by atoms with E-state index in [-0.39, 0.29) is 13.1 Å². The van der Waals surface area contributed by atoms with Crippen molar-refractivity contribution in [2.24, 2.45) is 0 Å². The normalized spacial score (nSPS) is 19.7. The predicted molar refractivity (Wildman–Crippen MR) is 58.0 cm³/mol. The third-order valence-electron chi connectivity index (χ3n) is 2.82. The van der Waals surface area contributed by atoms with Crippen molar-refractivity contribution in [3.63, 3.8) is 0 Å². The number of hydrogen-bond donors (Lipinski definition) is 2. The quantitative estimate of drug-likeness (QED) is 0.758. The van der Waals surface area contributed by atoms with Gasteiger partial charge in [-0.2, -0.15) is 26.3 Å². The maximum atomic E-state index is 12.9. The molecule has 0 radical (unpaired) electrons. The van der Waals surface area contributed by atoms with Gasteiger partial charge < -0.3 is 10.6 Å². The van der Waals surface area contributed by atoms with Gasteiger partial charge in [0.2, 0.25) is 5.91 Å². The Morgan fingerprint density at radius 1 is 1.15 bits per heavy atom. The SMILES string of the molecule is O=C(CC(F)(F)F)NCC(N1CCNCC1)C(F)(F)F. The van der Waals surface area contributed by atoms with E-state index in [9.17, 15) is 31.1 Å². The lowest BCUT2D eigenvalue weighted by atomic mass is 10.2. The lowest BCUT2D eigenvalue weighted by Crippen LogP contribution is -2.57. The molecule has 1 unspecified atom stereocenters. The summed E-state index contributed by atoms with van der Waals surface area (Å²) in [6.07, 6.45) is -11.1. The molecule has 1 aliphatic heterocycles. The summed E-state index contributed by atoms with van der Waals surface area (Å²) in [5.74, 6) is -1.46. The van der Waals surface area contributed by atoms with Crippen molar-refractivity contribution in [2.75, 3.05) is 32.7 Å². The lowest BCUT2D eigenvalue weighted by molar-refractivity contribution is -0.184. The molecule has 0 saturated carbocycles. The van der Waals surface area contributed by atoms with Gasteiger partial charge in [0, 0.05) is 32.7 Å². The fraction of sp³-hybridized carbons (Fsp3) is 0.900. The zero-order chi connectivity index (χ0) is 15.4. The molecular weight excluding hydrogens is 292 g/mol. The summed E-state index contributed by atoms with van der Waals surface area (Å²) < 4.78 is 74.3. The molecule has 4 nitrogen and oxygen atoms in total. The van der Waals surface area contributed by atoms with Gasteiger partial charge in [0.1, 0.15) is 12.5 Å². The second-order valence-electron chi connectivity index (χ2n) is 4.44. The van der Waals surface area contributed by atoms with Crippen molar-refractivity contribution in [1.82, 2.24) is 15.5 Å². The van der Waals surface area contributed by atoms with E-state index in [0.717, 1.165) is 4.90 Å². The number of amides is 1. The first-order valence-electron chi connectivity index (χ1n) is 5.94. The van der Waals surface area contributed by atoms with Crippen molar-refractivity contribution in [3.8, 4) is 0 Å². The van der Waals surface area contributed by atoms with E-state index in [1.807, 2.05) is 0 Å². The molecule has 1 heterocycles. The van der Waals surface area contributed by atoms with Crippen LogP contribution in [0.15, 0.2) is 0 Å². The predicted octanol–water partition coefficient (Wildman–Crippen LogP) is 0.891. The number of halogens is 6. The maximum Gasteiger partial charge on any atom is 0.405 e. The molecule has 118 valence electrons. The Balaban J connectivity index is 2.55. The van der Waals surface area contributed by atoms with Crippen LogP contribution < -0.4 is 10.6 Å². The van der Waals surface area contributed by atoms with Crippen LogP contribution in [0.1, 0.15) is 6.42 Å². The Bertz CT molecular complexity index is 324. The molecule has 1 aliphatic rings. The van der Waals surface area contributed by atoms with Crippen LogP contribution in [0.25, 0.3) is 0 Å². The molecule has 1 amide bonds. The van der Waals surface area contributed by atoms with E-state index in [2.05, 4.69) is 5.32 Å². The highest BCUT2D eigenvalue weighted by Crippen LogP contribution is 2.25. The van der Waals surface area contributed by atoms with E-state index in [1.54, 1.807) is 5.32 Å². The molecule has 0 bridgehead atoms. The van der Waals surface area contributed by atoms with Gasteiger partial charge in [-0.1, -0.05) is 0 Å². The maximum absolute atomic E-state index is 12.9. The Morgan fingerprint density at radius 3 is 2.15 bits per heavy atom. The van der Waals surface area contributed by atoms with Gasteiger partial charge in [-0.3, -0.25) is 9.69 Å². The minimum Gasteiger partial charge on any atom is -0.354 e. The van der Waals surface area contributed by atoms with Gasteiger partial charge in [0.05, 0.1) is 0 Å². The van der Waals surface area contributed by atoms with Crippen LogP contribution in [0.2, 0.25) is 0 Å². The van der Waals surface area contributed by atoms with E-state index in [0.29, 0.717) is 13.1 Å². The Labute approximate surface area is 111 Å². The first kappa shape index (κ1) is 17.0. The van der Waals surface area contributed by atoms with E-state index in [1.165, 1.54) is 0 Å². The van der Waals surface area contributed by atoms with Crippen molar-refractivity contribution in [3.05, 3.63) is 0 Å². The molecule has 0 aromatic rings. The van der Waals surface area contributed by atoms with Gasteiger partial charge in [0.15, 0.2) is 0 Å². The highest BCUT2D eigenvalue weighted by Gasteiger charge is 2.44. The Morgan fingerprint density at radius 2 is 1.70 bits per heavy atom. The van der Waals surface area contributed by atoms with Crippen LogP contribution in [0, 0.1) is 0 Å². The van der Waals surface area contributed by atoms with Gasteiger partial charge in [0.25, 0.3) is 0 Å². The molecule has 0 spiro atoms. The van der Waals surface area contributed by atoms with Crippen LogP contribution in [0.3, 0.4) is 0 Å². The molecule has 1 rings (SSSR count). The number of rotatable bonds is 4. The molecular formula is C10H15F6N3O. The summed E-state index contributed by atoms with van der Waals surface area (Å²) in [6, 6.07) is -1.97. The van der Waals surface area contributed by atoms with Crippen molar-refractivity contribution in [1.29, 1.82) is 0 Å². The second-order valence-corrected chi connectivity index (χ2v) is 4.44. The first-order valence-corrected chi connectivity index (χ1v) is 5.94. The number of carbonyl (C=O) groups is 1. The van der Waals surface area contributed by atoms with Crippen LogP contribution in [0.5, 0.6) is 0 Å². The third kappa shape index (κ3) is 5.95. The summed E-state index contributed by atoms with van der Waals surface area (Å²) in [6.45, 7) is 0.100. The van der Waals surface area contributed by atoms with Crippen LogP contribution in [-0.2, 0) is 4.79 Å². The summed E-state index contributed by atoms with van der Waals surface area (Å²) in [5.41, 5.74) is 0. The summed E-state index contributed by atoms with van der Waals surface area (Å²) >= 11 is 0. The Hall–Kier alpha value is -1.03. The second kappa shape index (κ2) is 6.61. The number of nitrogens with zero attached hydrogens (tertiary/aromatic N) is 1. The van der Waals surface area contributed by atoms with E-state index >= 15 is 0 Å². The summed E-state index contributed by atoms with van der Waals surface area (Å²) in [4.78, 5) is 12.0. The summed E-state index contributed by atoms with van der Waals surface area (Å²) in [7, 11) is 0. The van der Waals surface area contributed by atoms with Crippen molar-refractivity contribution < 1.29 is 31.1 Å². The van der Waals surface area contributed by atoms with Crippen LogP contribution in [-0.4, -0.2) is 61.9 Å². The number of alkyl halides is 6. The largest absolute Gasteiger partial charge is 0.405 e. The topological polar surface area (TPSA) is 44.4 Å². The monoisotopic (exact) mass is 307 g/mol. The number of carbonyl (C=O) groups excluding carboxylic acids is 1. The molecule has 20 heavy (non-hydrogen) atoms. The molecule has 0 aliphatic carbocycles. The third-order valence-corrected chi connectivity index (χ3v) is 2.82. The van der Waals surface area contributed by atoms with E-state index < -0.39 is 37.3 Å². The van der Waals surface area contributed by atoms with Crippen molar-refractivity contribution >= 4 is 5.91 Å². The van der Waals surface area contributed by atoms with Gasteiger partial charge >= 0.3 is 12.4 Å². The van der Waals surface area contributed by atoms with E-state index in [4.69, 9.17) is 0 Å². The molecule has 1 fully saturated rings. The summed E-state index contributed by atoms with van der Waals surface area (Å²) in [5, 5.41) is 4.57. The molecule has 2 N–H and O–H groups in total. The smallest absolute Gasteiger partial charge is 0.354 e. The fourth-order valence-corrected chi connectivity index (χ4v) is 1.90. The molecule has 0 aromatic carbocycles. The molecule has 1 saturated heterocycles. The number of nitrogens with one attached hydrogen (secondary N) is 2. The number of piperazine rings is 1. The Kier molecular flexibility index (Phi) is 5.63. The lowest BCUT2D eigenvalue weighted by Gasteiger charge is -2.35. The molecule has 0 aromatic heterocycles. The van der Waals surface area contributed by atoms with Crippen LogP contribution >= 0.6 is 0 Å². The zero-order valence-corrected chi connectivity index (χ0v) is 10.4. The highest BCUT2D eigenvalue weighted by atomic mass is 19.4. The van der Waals surface area contributed by atoms with Gasteiger partial charge in [-0.15, -0.1) is 0 Å². The number of hydrogen-bond acceptors (Lipinski definition) is 3. The van der Waals surface area contributed by atoms with Gasteiger partial charge in [-0.05, 0) is 0 Å². The highest BCUT2D eigenvalue weighted by molar-refractivity contribution is 5.76. The molecule has 1 atom stereocenters. The average molecular weight is 307 g/mol. The fourth-order valence-electron chi connectivity index (χ4n) is 1.90. The minimum atomic E-state index is -4.73. The standard InChI is InChI=1S/C10H15F6N3O/c11-9(12,13)5-8(20)18-6-7(10(14,15)16)19-3-1-17-2-4-19/h7,17H,1-6H2,(H,18,20). The first-order chi connectivity index (χ1) is 9.09. The minimum absolute atomic E-state index is 0.124. The zero-order valence-electron chi connectivity index (χ0n) is 10.4. The van der Waals surface area contributed by atoms with Crippen molar-refractivity contribution in [2.45, 2.75) is 24.8 Å². The van der Waals surface area contributed by atoms with Gasteiger partial charge in [-0.25, -0.2) is 0 Å². The molecule has 10 heteroatoms. The average Bonchev–Trinajstić information content (AvgIpc) is 2.26. The van der Waals surface area contributed by atoms with Crippen LogP contribution in [0.4, 0.5) is 26.3 Å².